The first-order valence-corrected chi connectivity index (χ1v) is 16.9. The fourth-order valence-electron chi connectivity index (χ4n) is 8.42. The summed E-state index contributed by atoms with van der Waals surface area (Å²) in [6, 6.07) is 8.34. The molecule has 0 bridgehead atoms. The Morgan fingerprint density at radius 1 is 0.541 bits per heavy atom. The maximum absolute atomic E-state index is 12.8. The van der Waals surface area contributed by atoms with Gasteiger partial charge in [0.1, 0.15) is 6.67 Å². The highest BCUT2D eigenvalue weighted by Crippen LogP contribution is 2.44. The first kappa shape index (κ1) is 29.1. The summed E-state index contributed by atoms with van der Waals surface area (Å²) in [4.78, 5) is 0. The number of hydrogen-bond donors (Lipinski definition) is 0. The van der Waals surface area contributed by atoms with Crippen LogP contribution >= 0.6 is 0 Å². The molecule has 0 saturated heterocycles. The van der Waals surface area contributed by atoms with Gasteiger partial charge in [-0.25, -0.2) is 4.39 Å². The normalized spacial score (nSPS) is 30.9. The van der Waals surface area contributed by atoms with Crippen molar-refractivity contribution in [2.75, 3.05) is 0 Å². The molecule has 0 amide bonds. The minimum absolute atomic E-state index is 0.338. The average Bonchev–Trinajstić information content (AvgIpc) is 2.96. The Morgan fingerprint density at radius 3 is 1.51 bits per heavy atom. The van der Waals surface area contributed by atoms with Gasteiger partial charge in [0.05, 0.1) is 0 Å². The predicted molar refractivity (Wildman–Crippen MR) is 159 cm³/mol. The van der Waals surface area contributed by atoms with E-state index in [1.54, 1.807) is 38.5 Å². The number of benzene rings is 1. The van der Waals surface area contributed by atoms with Gasteiger partial charge < -0.3 is 0 Å². The maximum atomic E-state index is 12.8. The van der Waals surface area contributed by atoms with E-state index in [0.717, 1.165) is 35.2 Å². The van der Waals surface area contributed by atoms with E-state index in [-0.39, 0.29) is 6.67 Å². The maximum Gasteiger partial charge on any atom is 0.115 e. The second kappa shape index (κ2) is 16.3. The second-order valence-corrected chi connectivity index (χ2v) is 13.6. The van der Waals surface area contributed by atoms with Crippen LogP contribution in [-0.2, 0) is 6.67 Å². The van der Waals surface area contributed by atoms with Crippen molar-refractivity contribution in [1.29, 1.82) is 0 Å². The van der Waals surface area contributed by atoms with Gasteiger partial charge in [-0.2, -0.15) is 0 Å². The summed E-state index contributed by atoms with van der Waals surface area (Å²) < 4.78 is 12.8. The van der Waals surface area contributed by atoms with Crippen LogP contribution in [-0.4, -0.2) is 0 Å². The van der Waals surface area contributed by atoms with E-state index in [4.69, 9.17) is 0 Å². The SMILES string of the molecule is CCCCCCCCCC1CCC(C2CCC(CCC3CCC(c4ccc(CF)cc4)CC3)CC2)CC1. The van der Waals surface area contributed by atoms with Crippen LogP contribution in [0.15, 0.2) is 24.3 Å². The Kier molecular flexibility index (Phi) is 12.8. The summed E-state index contributed by atoms with van der Waals surface area (Å²) in [5.74, 6) is 5.90. The van der Waals surface area contributed by atoms with Crippen LogP contribution in [0.1, 0.15) is 165 Å². The average molecular weight is 511 g/mol. The molecular weight excluding hydrogens is 451 g/mol. The lowest BCUT2D eigenvalue weighted by molar-refractivity contribution is 0.136. The van der Waals surface area contributed by atoms with Gasteiger partial charge in [0, 0.05) is 0 Å². The van der Waals surface area contributed by atoms with Crippen molar-refractivity contribution in [2.24, 2.45) is 29.6 Å². The molecule has 0 heterocycles. The van der Waals surface area contributed by atoms with Crippen LogP contribution in [0, 0.1) is 29.6 Å². The third-order valence-electron chi connectivity index (χ3n) is 11.1. The molecule has 0 nitrogen and oxygen atoms in total. The summed E-state index contributed by atoms with van der Waals surface area (Å²) in [6.45, 7) is 1.98. The molecule has 0 N–H and O–H groups in total. The van der Waals surface area contributed by atoms with Crippen molar-refractivity contribution in [1.82, 2.24) is 0 Å². The molecule has 3 aliphatic rings. The molecule has 3 saturated carbocycles. The van der Waals surface area contributed by atoms with Crippen molar-refractivity contribution in [3.05, 3.63) is 35.4 Å². The molecule has 1 aromatic rings. The van der Waals surface area contributed by atoms with Crippen LogP contribution in [0.2, 0.25) is 0 Å². The van der Waals surface area contributed by atoms with Gasteiger partial charge >= 0.3 is 0 Å². The Balaban J connectivity index is 1.03. The summed E-state index contributed by atoms with van der Waals surface area (Å²) >= 11 is 0. The molecular formula is C36H59F. The molecule has 0 aromatic heterocycles. The van der Waals surface area contributed by atoms with Gasteiger partial charge in [-0.15, -0.1) is 0 Å². The number of unbranched alkanes of at least 4 members (excludes halogenated alkanes) is 6. The summed E-state index contributed by atoms with van der Waals surface area (Å²) in [5, 5.41) is 0. The van der Waals surface area contributed by atoms with Crippen molar-refractivity contribution in [2.45, 2.75) is 161 Å². The molecule has 3 fully saturated rings. The Morgan fingerprint density at radius 2 is 1.00 bits per heavy atom. The van der Waals surface area contributed by atoms with Crippen LogP contribution in [0.4, 0.5) is 4.39 Å². The zero-order valence-corrected chi connectivity index (χ0v) is 24.4. The highest BCUT2D eigenvalue weighted by molar-refractivity contribution is 5.25. The largest absolute Gasteiger partial charge is 0.246 e. The number of alkyl halides is 1. The lowest BCUT2D eigenvalue weighted by Gasteiger charge is -2.38. The molecule has 37 heavy (non-hydrogen) atoms. The molecule has 0 aliphatic heterocycles. The Bertz CT molecular complexity index is 699. The predicted octanol–water partition coefficient (Wildman–Crippen LogP) is 12.0. The third kappa shape index (κ3) is 9.69. The molecule has 4 rings (SSSR count). The molecule has 0 atom stereocenters. The van der Waals surface area contributed by atoms with E-state index in [9.17, 15) is 4.39 Å². The Hall–Kier alpha value is -0.850. The Labute approximate surface area is 230 Å². The third-order valence-corrected chi connectivity index (χ3v) is 11.1. The van der Waals surface area contributed by atoms with E-state index in [1.807, 2.05) is 12.1 Å². The van der Waals surface area contributed by atoms with E-state index >= 15 is 0 Å². The van der Waals surface area contributed by atoms with Crippen molar-refractivity contribution < 1.29 is 4.39 Å². The molecule has 210 valence electrons. The van der Waals surface area contributed by atoms with Gasteiger partial charge in [-0.1, -0.05) is 121 Å². The zero-order chi connectivity index (χ0) is 25.7. The molecule has 0 spiro atoms. The molecule has 3 aliphatic carbocycles. The minimum atomic E-state index is -0.338. The van der Waals surface area contributed by atoms with E-state index in [0.29, 0.717) is 5.92 Å². The highest BCUT2D eigenvalue weighted by atomic mass is 19.1. The fourth-order valence-corrected chi connectivity index (χ4v) is 8.42. The van der Waals surface area contributed by atoms with Crippen molar-refractivity contribution in [3.8, 4) is 0 Å². The van der Waals surface area contributed by atoms with E-state index < -0.39 is 0 Å². The van der Waals surface area contributed by atoms with Gasteiger partial charge in [-0.05, 0) is 98.0 Å². The number of rotatable bonds is 14. The zero-order valence-electron chi connectivity index (χ0n) is 24.4. The number of halogens is 1. The second-order valence-electron chi connectivity index (χ2n) is 13.6. The monoisotopic (exact) mass is 510 g/mol. The van der Waals surface area contributed by atoms with E-state index in [2.05, 4.69) is 19.1 Å². The molecule has 1 aromatic carbocycles. The lowest BCUT2D eigenvalue weighted by atomic mass is 9.67. The lowest BCUT2D eigenvalue weighted by Crippen LogP contribution is -2.26. The van der Waals surface area contributed by atoms with Crippen LogP contribution in [0.5, 0.6) is 0 Å². The van der Waals surface area contributed by atoms with Gasteiger partial charge in [0.2, 0.25) is 0 Å². The minimum Gasteiger partial charge on any atom is -0.246 e. The first-order chi connectivity index (χ1) is 18.2. The van der Waals surface area contributed by atoms with Gasteiger partial charge in [0.15, 0.2) is 0 Å². The van der Waals surface area contributed by atoms with Crippen molar-refractivity contribution in [3.63, 3.8) is 0 Å². The summed E-state index contributed by atoms with van der Waals surface area (Å²) in [7, 11) is 0. The highest BCUT2D eigenvalue weighted by Gasteiger charge is 2.31. The summed E-state index contributed by atoms with van der Waals surface area (Å²) in [5.41, 5.74) is 2.26. The van der Waals surface area contributed by atoms with Gasteiger partial charge in [0.25, 0.3) is 0 Å². The number of hydrogen-bond acceptors (Lipinski definition) is 0. The van der Waals surface area contributed by atoms with Crippen LogP contribution < -0.4 is 0 Å². The van der Waals surface area contributed by atoms with Gasteiger partial charge in [-0.3, -0.25) is 0 Å². The van der Waals surface area contributed by atoms with Crippen LogP contribution in [0.25, 0.3) is 0 Å². The first-order valence-electron chi connectivity index (χ1n) is 16.9. The standard InChI is InChI=1S/C36H59F/c1-2-3-4-5-6-7-8-9-29-12-20-33(21-13-29)34-22-14-30(15-23-34)10-11-31-16-24-35(25-17-31)36-26-18-32(28-37)19-27-36/h18-19,26-27,29-31,33-35H,2-17,20-25,28H2,1H3. The fraction of sp³-hybridized carbons (Fsp3) is 0.833. The van der Waals surface area contributed by atoms with Crippen molar-refractivity contribution >= 4 is 0 Å². The molecule has 1 heteroatoms. The van der Waals surface area contributed by atoms with Crippen LogP contribution in [0.3, 0.4) is 0 Å². The molecule has 0 radical (unpaired) electrons. The van der Waals surface area contributed by atoms with E-state index in [1.165, 1.54) is 108 Å². The quantitative estimate of drug-likeness (QED) is 0.218. The topological polar surface area (TPSA) is 0 Å². The summed E-state index contributed by atoms with van der Waals surface area (Å²) in [6.07, 6.45) is 32.6. The molecule has 0 unspecified atom stereocenters. The smallest absolute Gasteiger partial charge is 0.115 e.